The molecule has 1 heterocycles. The van der Waals surface area contributed by atoms with Crippen molar-refractivity contribution in [3.63, 3.8) is 0 Å². The maximum absolute atomic E-state index is 13.1. The highest BCUT2D eigenvalue weighted by Crippen LogP contribution is 2.30. The number of hydrogen-bond donors (Lipinski definition) is 1. The smallest absolute Gasteiger partial charge is 0.264 e. The molecule has 0 amide bonds. The summed E-state index contributed by atoms with van der Waals surface area (Å²) in [5.74, 6) is -2.63. The minimum Gasteiger partial charge on any atom is -0.264 e. The van der Waals surface area contributed by atoms with Crippen LogP contribution >= 0.6 is 12.6 Å². The van der Waals surface area contributed by atoms with Gasteiger partial charge in [-0.2, -0.15) is 12.6 Å². The summed E-state index contributed by atoms with van der Waals surface area (Å²) in [7, 11) is 0. The van der Waals surface area contributed by atoms with Gasteiger partial charge in [0, 0.05) is 24.4 Å². The van der Waals surface area contributed by atoms with Gasteiger partial charge in [0.15, 0.2) is 0 Å². The first-order valence-electron chi connectivity index (χ1n) is 3.56. The Hall–Kier alpha value is -0.640. The van der Waals surface area contributed by atoms with E-state index in [4.69, 9.17) is 0 Å². The van der Waals surface area contributed by atoms with E-state index in [1.807, 2.05) is 0 Å². The van der Waals surface area contributed by atoms with Gasteiger partial charge in [-0.25, -0.2) is 8.78 Å². The van der Waals surface area contributed by atoms with E-state index in [-0.39, 0.29) is 17.7 Å². The fraction of sp³-hybridized carbons (Fsp3) is 0.375. The lowest BCUT2D eigenvalue weighted by atomic mass is 10.1. The van der Waals surface area contributed by atoms with Gasteiger partial charge < -0.3 is 0 Å². The molecule has 0 saturated carbocycles. The highest BCUT2D eigenvalue weighted by Gasteiger charge is 2.30. The zero-order valence-electron chi connectivity index (χ0n) is 6.37. The molecule has 0 aliphatic carbocycles. The molecular weight excluding hydrogens is 180 g/mol. The summed E-state index contributed by atoms with van der Waals surface area (Å²) in [5.41, 5.74) is -0.0425. The van der Waals surface area contributed by atoms with E-state index >= 15 is 0 Å². The highest BCUT2D eigenvalue weighted by atomic mass is 32.1. The molecule has 0 aromatic carbocycles. The number of pyridine rings is 1. The van der Waals surface area contributed by atoms with Crippen molar-refractivity contribution < 1.29 is 8.78 Å². The standard InChI is InChI=1S/C8H9F2NS/c9-8(10,3-5-12)7-2-1-4-11-6-7/h1-2,4,6,12H,3,5H2. The summed E-state index contributed by atoms with van der Waals surface area (Å²) in [6.45, 7) is 0. The largest absolute Gasteiger partial charge is 0.275 e. The molecular formula is C8H9F2NS. The highest BCUT2D eigenvalue weighted by molar-refractivity contribution is 7.80. The van der Waals surface area contributed by atoms with Gasteiger partial charge in [-0.1, -0.05) is 0 Å². The van der Waals surface area contributed by atoms with Crippen molar-refractivity contribution in [1.82, 2.24) is 4.98 Å². The van der Waals surface area contributed by atoms with Crippen LogP contribution in [-0.2, 0) is 5.92 Å². The van der Waals surface area contributed by atoms with Crippen LogP contribution < -0.4 is 0 Å². The molecule has 66 valence electrons. The van der Waals surface area contributed by atoms with Gasteiger partial charge >= 0.3 is 0 Å². The van der Waals surface area contributed by atoms with Crippen LogP contribution in [0.1, 0.15) is 12.0 Å². The summed E-state index contributed by atoms with van der Waals surface area (Å²) in [6, 6.07) is 2.87. The van der Waals surface area contributed by atoms with Gasteiger partial charge in [-0.3, -0.25) is 4.98 Å². The second kappa shape index (κ2) is 3.85. The van der Waals surface area contributed by atoms with Crippen LogP contribution in [0.25, 0.3) is 0 Å². The SMILES string of the molecule is FC(F)(CCS)c1cccnc1. The molecule has 0 unspecified atom stereocenters. The lowest BCUT2D eigenvalue weighted by molar-refractivity contribution is -0.00725. The molecule has 1 rings (SSSR count). The monoisotopic (exact) mass is 189 g/mol. The Labute approximate surface area is 75.2 Å². The van der Waals surface area contributed by atoms with Crippen LogP contribution in [-0.4, -0.2) is 10.7 Å². The second-order valence-electron chi connectivity index (χ2n) is 2.42. The lowest BCUT2D eigenvalue weighted by Crippen LogP contribution is -2.13. The number of aromatic nitrogens is 1. The Morgan fingerprint density at radius 2 is 2.25 bits per heavy atom. The Morgan fingerprint density at radius 1 is 1.50 bits per heavy atom. The normalized spacial score (nSPS) is 11.6. The molecule has 0 radical (unpaired) electrons. The summed E-state index contributed by atoms with van der Waals surface area (Å²) < 4.78 is 26.1. The van der Waals surface area contributed by atoms with Gasteiger partial charge in [0.2, 0.25) is 0 Å². The molecule has 0 fully saturated rings. The van der Waals surface area contributed by atoms with E-state index < -0.39 is 5.92 Å². The number of hydrogen-bond acceptors (Lipinski definition) is 2. The maximum Gasteiger partial charge on any atom is 0.275 e. The van der Waals surface area contributed by atoms with Crippen LogP contribution in [0.2, 0.25) is 0 Å². The van der Waals surface area contributed by atoms with Gasteiger partial charge in [0.25, 0.3) is 5.92 Å². The molecule has 12 heavy (non-hydrogen) atoms. The molecule has 4 heteroatoms. The van der Waals surface area contributed by atoms with Crippen molar-refractivity contribution in [2.24, 2.45) is 0 Å². The second-order valence-corrected chi connectivity index (χ2v) is 2.87. The molecule has 0 aliphatic rings. The van der Waals surface area contributed by atoms with Crippen molar-refractivity contribution in [3.8, 4) is 0 Å². The first kappa shape index (κ1) is 9.45. The Morgan fingerprint density at radius 3 is 2.75 bits per heavy atom. The molecule has 0 atom stereocenters. The molecule has 0 N–H and O–H groups in total. The van der Waals surface area contributed by atoms with Crippen LogP contribution in [0.15, 0.2) is 24.5 Å². The van der Waals surface area contributed by atoms with Crippen LogP contribution in [0.4, 0.5) is 8.78 Å². The predicted octanol–water partition coefficient (Wildman–Crippen LogP) is 2.49. The predicted molar refractivity (Wildman–Crippen MR) is 46.6 cm³/mol. The third-order valence-corrected chi connectivity index (χ3v) is 1.73. The fourth-order valence-electron chi connectivity index (χ4n) is 0.864. The topological polar surface area (TPSA) is 12.9 Å². The third-order valence-electron chi connectivity index (χ3n) is 1.51. The summed E-state index contributed by atoms with van der Waals surface area (Å²) >= 11 is 3.76. The fourth-order valence-corrected chi connectivity index (χ4v) is 1.14. The first-order valence-corrected chi connectivity index (χ1v) is 4.19. The number of alkyl halides is 2. The van der Waals surface area contributed by atoms with Gasteiger partial charge in [-0.05, 0) is 17.9 Å². The Bertz CT molecular complexity index is 238. The average molecular weight is 189 g/mol. The number of rotatable bonds is 3. The van der Waals surface area contributed by atoms with Crippen molar-refractivity contribution in [2.75, 3.05) is 5.75 Å². The summed E-state index contributed by atoms with van der Waals surface area (Å²) in [5, 5.41) is 0. The zero-order chi connectivity index (χ0) is 9.03. The average Bonchev–Trinajstić information content (AvgIpc) is 2.06. The maximum atomic E-state index is 13.1. The number of halogens is 2. The summed E-state index contributed by atoms with van der Waals surface area (Å²) in [6.07, 6.45) is 2.41. The quantitative estimate of drug-likeness (QED) is 0.721. The van der Waals surface area contributed by atoms with Crippen molar-refractivity contribution in [1.29, 1.82) is 0 Å². The molecule has 0 aliphatic heterocycles. The zero-order valence-corrected chi connectivity index (χ0v) is 7.27. The molecule has 0 bridgehead atoms. The van der Waals surface area contributed by atoms with Crippen LogP contribution in [0.3, 0.4) is 0 Å². The van der Waals surface area contributed by atoms with Crippen LogP contribution in [0, 0.1) is 0 Å². The van der Waals surface area contributed by atoms with Gasteiger partial charge in [0.1, 0.15) is 0 Å². The van der Waals surface area contributed by atoms with E-state index in [0.29, 0.717) is 0 Å². The van der Waals surface area contributed by atoms with Crippen molar-refractivity contribution >= 4 is 12.6 Å². The Kier molecular flexibility index (Phi) is 3.03. The molecule has 1 nitrogen and oxygen atoms in total. The third kappa shape index (κ3) is 2.17. The molecule has 0 spiro atoms. The molecule has 1 aromatic heterocycles. The molecule has 1 aromatic rings. The van der Waals surface area contributed by atoms with Gasteiger partial charge in [-0.15, -0.1) is 0 Å². The van der Waals surface area contributed by atoms with Crippen LogP contribution in [0.5, 0.6) is 0 Å². The first-order chi connectivity index (χ1) is 5.67. The van der Waals surface area contributed by atoms with Crippen molar-refractivity contribution in [2.45, 2.75) is 12.3 Å². The van der Waals surface area contributed by atoms with E-state index in [9.17, 15) is 8.78 Å². The van der Waals surface area contributed by atoms with E-state index in [2.05, 4.69) is 17.6 Å². The lowest BCUT2D eigenvalue weighted by Gasteiger charge is -2.14. The Balaban J connectivity index is 2.82. The molecule has 0 saturated heterocycles. The van der Waals surface area contributed by atoms with E-state index in [1.165, 1.54) is 24.5 Å². The minimum atomic E-state index is -2.80. The summed E-state index contributed by atoms with van der Waals surface area (Å²) in [4.78, 5) is 3.63. The number of thiol groups is 1. The van der Waals surface area contributed by atoms with E-state index in [0.717, 1.165) is 0 Å². The van der Waals surface area contributed by atoms with E-state index in [1.54, 1.807) is 0 Å². The van der Waals surface area contributed by atoms with Crippen molar-refractivity contribution in [3.05, 3.63) is 30.1 Å². The number of nitrogens with zero attached hydrogens (tertiary/aromatic N) is 1. The van der Waals surface area contributed by atoms with Gasteiger partial charge in [0.05, 0.1) is 0 Å². The minimum absolute atomic E-state index is 0.0425.